The van der Waals surface area contributed by atoms with E-state index in [0.29, 0.717) is 18.8 Å². The Morgan fingerprint density at radius 1 is 1.19 bits per heavy atom. The second kappa shape index (κ2) is 8.14. The van der Waals surface area contributed by atoms with E-state index < -0.39 is 0 Å². The van der Waals surface area contributed by atoms with Crippen molar-refractivity contribution in [3.05, 3.63) is 48.0 Å². The zero-order valence-electron chi connectivity index (χ0n) is 15.6. The number of likely N-dealkylation sites (N-methyl/N-ethyl adjacent to an activating group) is 2. The number of amides is 1. The van der Waals surface area contributed by atoms with E-state index in [9.17, 15) is 4.79 Å². The van der Waals surface area contributed by atoms with E-state index in [1.807, 2.05) is 48.3 Å². The van der Waals surface area contributed by atoms with E-state index in [1.165, 1.54) is 0 Å². The molecule has 2 aromatic heterocycles. The monoisotopic (exact) mass is 354 g/mol. The van der Waals surface area contributed by atoms with Gasteiger partial charge in [-0.05, 0) is 31.3 Å². The first-order valence-electron chi connectivity index (χ1n) is 9.04. The molecule has 1 N–H and O–H groups in total. The summed E-state index contributed by atoms with van der Waals surface area (Å²) in [5.74, 6) is -0.0601. The summed E-state index contributed by atoms with van der Waals surface area (Å²) < 4.78 is 2.04. The van der Waals surface area contributed by atoms with E-state index in [-0.39, 0.29) is 5.91 Å². The van der Waals surface area contributed by atoms with Crippen LogP contribution in [0.2, 0.25) is 0 Å². The van der Waals surface area contributed by atoms with Gasteiger partial charge in [-0.15, -0.1) is 0 Å². The van der Waals surface area contributed by atoms with Gasteiger partial charge in [0.15, 0.2) is 0 Å². The Labute approximate surface area is 153 Å². The Balaban J connectivity index is 1.64. The molecule has 0 aliphatic rings. The fourth-order valence-corrected chi connectivity index (χ4v) is 3.00. The van der Waals surface area contributed by atoms with Gasteiger partial charge in [0, 0.05) is 20.1 Å². The number of fused-ring (bicyclic) bond motifs is 1. The van der Waals surface area contributed by atoms with Gasteiger partial charge in [0.2, 0.25) is 0 Å². The Morgan fingerprint density at radius 3 is 2.73 bits per heavy atom. The summed E-state index contributed by atoms with van der Waals surface area (Å²) >= 11 is 0. The van der Waals surface area contributed by atoms with Gasteiger partial charge in [0.1, 0.15) is 5.69 Å². The van der Waals surface area contributed by atoms with Gasteiger partial charge in [-0.1, -0.05) is 26.0 Å². The lowest BCUT2D eigenvalue weighted by atomic mass is 10.3. The molecular weight excluding hydrogens is 328 g/mol. The maximum Gasteiger partial charge on any atom is 0.274 e. The normalized spacial score (nSPS) is 11.4. The third-order valence-electron chi connectivity index (χ3n) is 4.71. The van der Waals surface area contributed by atoms with Crippen molar-refractivity contribution in [1.82, 2.24) is 29.5 Å². The lowest BCUT2D eigenvalue weighted by Gasteiger charge is -2.22. The number of para-hydroxylation sites is 2. The molecule has 0 unspecified atom stereocenters. The van der Waals surface area contributed by atoms with Crippen LogP contribution in [0.3, 0.4) is 0 Å². The lowest BCUT2D eigenvalue weighted by molar-refractivity contribution is 0.0774. The van der Waals surface area contributed by atoms with Crippen molar-refractivity contribution in [1.29, 1.82) is 0 Å². The molecule has 7 nitrogen and oxygen atoms in total. The standard InChI is InChI=1S/C19H26N6O/c1-4-24(5-2)11-10-23(3)19(26)17-12-15(21-22-17)13-25-14-20-16-8-6-7-9-18(16)25/h6-9,12,14H,4-5,10-11,13H2,1-3H3,(H,21,22). The van der Waals surface area contributed by atoms with Gasteiger partial charge < -0.3 is 14.4 Å². The number of nitrogens with zero attached hydrogens (tertiary/aromatic N) is 5. The summed E-state index contributed by atoms with van der Waals surface area (Å²) in [5, 5.41) is 7.18. The molecular formula is C19H26N6O. The fourth-order valence-electron chi connectivity index (χ4n) is 3.00. The Morgan fingerprint density at radius 2 is 1.96 bits per heavy atom. The third kappa shape index (κ3) is 3.94. The van der Waals surface area contributed by atoms with E-state index in [2.05, 4.69) is 33.9 Å². The van der Waals surface area contributed by atoms with Crippen LogP contribution in [0, 0.1) is 0 Å². The van der Waals surface area contributed by atoms with Crippen molar-refractivity contribution in [3.63, 3.8) is 0 Å². The smallest absolute Gasteiger partial charge is 0.274 e. The number of aromatic amines is 1. The molecule has 3 aromatic rings. The molecule has 0 saturated heterocycles. The maximum absolute atomic E-state index is 12.6. The summed E-state index contributed by atoms with van der Waals surface area (Å²) in [5.41, 5.74) is 3.35. The van der Waals surface area contributed by atoms with Crippen LogP contribution in [0.1, 0.15) is 30.0 Å². The van der Waals surface area contributed by atoms with Gasteiger partial charge in [0.05, 0.1) is 29.6 Å². The van der Waals surface area contributed by atoms with Crippen molar-refractivity contribution in [2.24, 2.45) is 0 Å². The Kier molecular flexibility index (Phi) is 5.68. The van der Waals surface area contributed by atoms with Gasteiger partial charge in [-0.3, -0.25) is 9.89 Å². The predicted octanol–water partition coefficient (Wildman–Crippen LogP) is 2.22. The largest absolute Gasteiger partial charge is 0.339 e. The minimum Gasteiger partial charge on any atom is -0.339 e. The molecule has 0 fully saturated rings. The number of benzene rings is 1. The molecule has 7 heteroatoms. The van der Waals surface area contributed by atoms with Crippen LogP contribution in [0.4, 0.5) is 0 Å². The van der Waals surface area contributed by atoms with Crippen molar-refractivity contribution in [2.45, 2.75) is 20.4 Å². The van der Waals surface area contributed by atoms with Gasteiger partial charge in [0.25, 0.3) is 5.91 Å². The molecule has 0 bridgehead atoms. The first-order chi connectivity index (χ1) is 12.6. The number of H-pyrrole nitrogens is 1. The average molecular weight is 354 g/mol. The summed E-state index contributed by atoms with van der Waals surface area (Å²) in [6.07, 6.45) is 1.81. The fraction of sp³-hybridized carbons (Fsp3) is 0.421. The molecule has 0 atom stereocenters. The van der Waals surface area contributed by atoms with E-state index in [4.69, 9.17) is 0 Å². The van der Waals surface area contributed by atoms with Gasteiger partial charge in [-0.25, -0.2) is 4.98 Å². The Bertz CT molecular complexity index is 864. The van der Waals surface area contributed by atoms with Crippen LogP contribution in [0.5, 0.6) is 0 Å². The van der Waals surface area contributed by atoms with Crippen molar-refractivity contribution in [2.75, 3.05) is 33.2 Å². The number of aromatic nitrogens is 4. The third-order valence-corrected chi connectivity index (χ3v) is 4.71. The zero-order valence-corrected chi connectivity index (χ0v) is 15.6. The average Bonchev–Trinajstić information content (AvgIpc) is 3.30. The first kappa shape index (κ1) is 18.1. The molecule has 0 spiro atoms. The van der Waals surface area contributed by atoms with Crippen molar-refractivity contribution in [3.8, 4) is 0 Å². The number of carbonyl (C=O) groups excluding carboxylic acids is 1. The number of hydrogen-bond acceptors (Lipinski definition) is 4. The van der Waals surface area contributed by atoms with E-state index in [0.717, 1.165) is 36.4 Å². The van der Waals surface area contributed by atoms with Crippen LogP contribution in [0.15, 0.2) is 36.7 Å². The Hall–Kier alpha value is -2.67. The number of rotatable bonds is 8. The van der Waals surface area contributed by atoms with Crippen LogP contribution in [0.25, 0.3) is 11.0 Å². The molecule has 0 aliphatic carbocycles. The highest BCUT2D eigenvalue weighted by Crippen LogP contribution is 2.14. The summed E-state index contributed by atoms with van der Waals surface area (Å²) in [6, 6.07) is 9.81. The summed E-state index contributed by atoms with van der Waals surface area (Å²) in [6.45, 7) is 8.40. The van der Waals surface area contributed by atoms with Crippen molar-refractivity contribution < 1.29 is 4.79 Å². The van der Waals surface area contributed by atoms with Crippen LogP contribution >= 0.6 is 0 Å². The molecule has 2 heterocycles. The number of imidazole rings is 1. The highest BCUT2D eigenvalue weighted by Gasteiger charge is 2.16. The molecule has 1 amide bonds. The SMILES string of the molecule is CCN(CC)CCN(C)C(=O)c1cc(Cn2cnc3ccccc32)[nH]n1. The quantitative estimate of drug-likeness (QED) is 0.673. The molecule has 3 rings (SSSR count). The second-order valence-electron chi connectivity index (χ2n) is 6.39. The molecule has 0 saturated carbocycles. The molecule has 138 valence electrons. The molecule has 26 heavy (non-hydrogen) atoms. The highest BCUT2D eigenvalue weighted by molar-refractivity contribution is 5.92. The minimum absolute atomic E-state index is 0.0601. The maximum atomic E-state index is 12.6. The minimum atomic E-state index is -0.0601. The summed E-state index contributed by atoms with van der Waals surface area (Å²) in [4.78, 5) is 21.0. The van der Waals surface area contributed by atoms with Gasteiger partial charge >= 0.3 is 0 Å². The predicted molar refractivity (Wildman–Crippen MR) is 102 cm³/mol. The molecule has 0 aliphatic heterocycles. The summed E-state index contributed by atoms with van der Waals surface area (Å²) in [7, 11) is 1.82. The number of nitrogens with one attached hydrogen (secondary N) is 1. The van der Waals surface area contributed by atoms with E-state index >= 15 is 0 Å². The first-order valence-corrected chi connectivity index (χ1v) is 9.04. The topological polar surface area (TPSA) is 70.1 Å². The van der Waals surface area contributed by atoms with Crippen molar-refractivity contribution >= 4 is 16.9 Å². The molecule has 0 radical (unpaired) electrons. The van der Waals surface area contributed by atoms with Crippen LogP contribution in [-0.2, 0) is 6.54 Å². The number of hydrogen-bond donors (Lipinski definition) is 1. The number of carbonyl (C=O) groups is 1. The lowest BCUT2D eigenvalue weighted by Crippen LogP contribution is -2.36. The van der Waals surface area contributed by atoms with Gasteiger partial charge in [-0.2, -0.15) is 5.10 Å². The van der Waals surface area contributed by atoms with E-state index in [1.54, 1.807) is 4.90 Å². The zero-order chi connectivity index (χ0) is 18.5. The van der Waals surface area contributed by atoms with Crippen LogP contribution in [-0.4, -0.2) is 68.7 Å². The highest BCUT2D eigenvalue weighted by atomic mass is 16.2. The molecule has 1 aromatic carbocycles. The van der Waals surface area contributed by atoms with Crippen LogP contribution < -0.4 is 0 Å². The second-order valence-corrected chi connectivity index (χ2v) is 6.39.